The average Bonchev–Trinajstić information content (AvgIpc) is 2.63. The third-order valence-corrected chi connectivity index (χ3v) is 3.55. The summed E-state index contributed by atoms with van der Waals surface area (Å²) in [6.45, 7) is 8.72. The SMILES string of the molecule is CCSNc1ccc2c(c1)nc(C(C)(C)C)n2C. The average molecular weight is 263 g/mol. The van der Waals surface area contributed by atoms with Crippen molar-refractivity contribution in [3.63, 3.8) is 0 Å². The molecule has 0 aliphatic heterocycles. The van der Waals surface area contributed by atoms with Crippen LogP contribution in [0.4, 0.5) is 5.69 Å². The van der Waals surface area contributed by atoms with Gasteiger partial charge in [-0.05, 0) is 18.2 Å². The maximum Gasteiger partial charge on any atom is 0.115 e. The molecule has 0 saturated heterocycles. The fraction of sp³-hybridized carbons (Fsp3) is 0.500. The number of aryl methyl sites for hydroxylation is 1. The van der Waals surface area contributed by atoms with Crippen molar-refractivity contribution in [3.05, 3.63) is 24.0 Å². The molecule has 0 aliphatic rings. The highest BCUT2D eigenvalue weighted by Gasteiger charge is 2.21. The topological polar surface area (TPSA) is 29.9 Å². The number of imidazole rings is 1. The molecule has 98 valence electrons. The van der Waals surface area contributed by atoms with E-state index in [-0.39, 0.29) is 5.41 Å². The summed E-state index contributed by atoms with van der Waals surface area (Å²) < 4.78 is 5.51. The Bertz CT molecular complexity index is 552. The van der Waals surface area contributed by atoms with Crippen LogP contribution in [0.25, 0.3) is 11.0 Å². The lowest BCUT2D eigenvalue weighted by Gasteiger charge is -2.17. The van der Waals surface area contributed by atoms with Crippen LogP contribution in [0, 0.1) is 0 Å². The zero-order chi connectivity index (χ0) is 13.3. The smallest absolute Gasteiger partial charge is 0.115 e. The van der Waals surface area contributed by atoms with E-state index in [9.17, 15) is 0 Å². The summed E-state index contributed by atoms with van der Waals surface area (Å²) in [6.07, 6.45) is 0. The van der Waals surface area contributed by atoms with E-state index < -0.39 is 0 Å². The van der Waals surface area contributed by atoms with Crippen LogP contribution in [0.3, 0.4) is 0 Å². The van der Waals surface area contributed by atoms with Gasteiger partial charge in [0.1, 0.15) is 5.82 Å². The number of rotatable bonds is 3. The van der Waals surface area contributed by atoms with Gasteiger partial charge in [0.05, 0.1) is 11.0 Å². The van der Waals surface area contributed by atoms with Crippen molar-refractivity contribution in [1.82, 2.24) is 9.55 Å². The zero-order valence-electron chi connectivity index (χ0n) is 11.7. The molecule has 0 spiro atoms. The van der Waals surface area contributed by atoms with Crippen molar-refractivity contribution in [3.8, 4) is 0 Å². The molecule has 0 bridgehead atoms. The Labute approximate surface area is 113 Å². The minimum absolute atomic E-state index is 0.0690. The number of benzene rings is 1. The molecular weight excluding hydrogens is 242 g/mol. The Kier molecular flexibility index (Phi) is 3.57. The highest BCUT2D eigenvalue weighted by Crippen LogP contribution is 2.27. The third-order valence-electron chi connectivity index (χ3n) is 2.89. The highest BCUT2D eigenvalue weighted by atomic mass is 32.2. The molecule has 0 aliphatic carbocycles. The van der Waals surface area contributed by atoms with Crippen LogP contribution < -0.4 is 4.72 Å². The fourth-order valence-corrected chi connectivity index (χ4v) is 2.53. The number of nitrogens with zero attached hydrogens (tertiary/aromatic N) is 2. The molecule has 1 aromatic carbocycles. The van der Waals surface area contributed by atoms with Crippen LogP contribution in [-0.4, -0.2) is 15.3 Å². The molecule has 1 aromatic heterocycles. The Morgan fingerprint density at radius 3 is 2.67 bits per heavy atom. The van der Waals surface area contributed by atoms with Crippen molar-refractivity contribution in [1.29, 1.82) is 0 Å². The van der Waals surface area contributed by atoms with E-state index in [0.29, 0.717) is 0 Å². The number of hydrogen-bond acceptors (Lipinski definition) is 3. The standard InChI is InChI=1S/C14H21N3S/c1-6-18-16-10-7-8-12-11(9-10)15-13(17(12)5)14(2,3)4/h7-9,16H,6H2,1-5H3. The van der Waals surface area contributed by atoms with Gasteiger partial charge in [0.25, 0.3) is 0 Å². The molecule has 0 fully saturated rings. The van der Waals surface area contributed by atoms with Crippen LogP contribution in [-0.2, 0) is 12.5 Å². The van der Waals surface area contributed by atoms with Crippen molar-refractivity contribution >= 4 is 28.7 Å². The summed E-state index contributed by atoms with van der Waals surface area (Å²) in [4.78, 5) is 4.77. The Hall–Kier alpha value is -1.16. The van der Waals surface area contributed by atoms with Crippen molar-refractivity contribution in [2.24, 2.45) is 7.05 Å². The molecule has 3 nitrogen and oxygen atoms in total. The second-order valence-corrected chi connectivity index (χ2v) is 6.55. The molecule has 0 unspecified atom stereocenters. The third kappa shape index (κ3) is 2.48. The van der Waals surface area contributed by atoms with E-state index in [4.69, 9.17) is 4.98 Å². The van der Waals surface area contributed by atoms with Gasteiger partial charge in [0.2, 0.25) is 0 Å². The van der Waals surface area contributed by atoms with Gasteiger partial charge >= 0.3 is 0 Å². The Balaban J connectivity index is 2.45. The number of hydrogen-bond donors (Lipinski definition) is 1. The minimum Gasteiger partial charge on any atom is -0.331 e. The van der Waals surface area contributed by atoms with Gasteiger partial charge in [-0.3, -0.25) is 0 Å². The van der Waals surface area contributed by atoms with Crippen molar-refractivity contribution < 1.29 is 0 Å². The number of anilines is 1. The lowest BCUT2D eigenvalue weighted by molar-refractivity contribution is 0.526. The molecule has 0 saturated carbocycles. The van der Waals surface area contributed by atoms with E-state index in [1.54, 1.807) is 11.9 Å². The minimum atomic E-state index is 0.0690. The van der Waals surface area contributed by atoms with Gasteiger partial charge in [-0.2, -0.15) is 0 Å². The summed E-state index contributed by atoms with van der Waals surface area (Å²) in [6, 6.07) is 6.36. The monoisotopic (exact) mass is 263 g/mol. The lowest BCUT2D eigenvalue weighted by atomic mass is 9.96. The van der Waals surface area contributed by atoms with Crippen LogP contribution in [0.15, 0.2) is 18.2 Å². The van der Waals surface area contributed by atoms with E-state index in [1.165, 1.54) is 5.52 Å². The van der Waals surface area contributed by atoms with Gasteiger partial charge in [-0.25, -0.2) is 4.98 Å². The summed E-state index contributed by atoms with van der Waals surface area (Å²) >= 11 is 1.70. The Morgan fingerprint density at radius 1 is 1.33 bits per heavy atom. The quantitative estimate of drug-likeness (QED) is 0.850. The molecule has 18 heavy (non-hydrogen) atoms. The van der Waals surface area contributed by atoms with Gasteiger partial charge < -0.3 is 9.29 Å². The number of fused-ring (bicyclic) bond motifs is 1. The summed E-state index contributed by atoms with van der Waals surface area (Å²) in [7, 11) is 2.09. The molecule has 4 heteroatoms. The van der Waals surface area contributed by atoms with E-state index in [1.807, 2.05) is 0 Å². The fourth-order valence-electron chi connectivity index (χ4n) is 2.09. The first-order valence-corrected chi connectivity index (χ1v) is 7.27. The van der Waals surface area contributed by atoms with Crippen molar-refractivity contribution in [2.75, 3.05) is 10.5 Å². The normalized spacial score (nSPS) is 12.1. The largest absolute Gasteiger partial charge is 0.331 e. The zero-order valence-corrected chi connectivity index (χ0v) is 12.6. The van der Waals surface area contributed by atoms with Crippen LogP contribution >= 0.6 is 11.9 Å². The van der Waals surface area contributed by atoms with E-state index in [0.717, 1.165) is 22.8 Å². The molecule has 0 amide bonds. The van der Waals surface area contributed by atoms with E-state index in [2.05, 4.69) is 62.2 Å². The summed E-state index contributed by atoms with van der Waals surface area (Å²) in [5, 5.41) is 0. The molecule has 0 radical (unpaired) electrons. The first-order chi connectivity index (χ1) is 8.43. The molecule has 2 rings (SSSR count). The summed E-state index contributed by atoms with van der Waals surface area (Å²) in [5.41, 5.74) is 3.43. The first kappa shape index (κ1) is 13.3. The predicted molar refractivity (Wildman–Crippen MR) is 81.2 cm³/mol. The lowest BCUT2D eigenvalue weighted by Crippen LogP contribution is -2.17. The van der Waals surface area contributed by atoms with Crippen LogP contribution in [0.1, 0.15) is 33.5 Å². The van der Waals surface area contributed by atoms with Crippen LogP contribution in [0.5, 0.6) is 0 Å². The second-order valence-electron chi connectivity index (χ2n) is 5.48. The first-order valence-electron chi connectivity index (χ1n) is 6.28. The number of aromatic nitrogens is 2. The molecule has 1 N–H and O–H groups in total. The molecule has 0 atom stereocenters. The molecule has 2 aromatic rings. The highest BCUT2D eigenvalue weighted by molar-refractivity contribution is 8.00. The summed E-state index contributed by atoms with van der Waals surface area (Å²) in [5.74, 6) is 2.17. The van der Waals surface area contributed by atoms with E-state index >= 15 is 0 Å². The van der Waals surface area contributed by atoms with Gasteiger partial charge in [-0.1, -0.05) is 39.6 Å². The van der Waals surface area contributed by atoms with Gasteiger partial charge in [-0.15, -0.1) is 0 Å². The second kappa shape index (κ2) is 4.84. The number of nitrogens with one attached hydrogen (secondary N) is 1. The maximum atomic E-state index is 4.77. The van der Waals surface area contributed by atoms with Gasteiger partial charge in [0, 0.05) is 23.9 Å². The van der Waals surface area contributed by atoms with Crippen molar-refractivity contribution in [2.45, 2.75) is 33.1 Å². The predicted octanol–water partition coefficient (Wildman–Crippen LogP) is 3.95. The molecular formula is C14H21N3S. The molecule has 1 heterocycles. The maximum absolute atomic E-state index is 4.77. The van der Waals surface area contributed by atoms with Gasteiger partial charge in [0.15, 0.2) is 0 Å². The Morgan fingerprint density at radius 2 is 2.06 bits per heavy atom. The van der Waals surface area contributed by atoms with Crippen LogP contribution in [0.2, 0.25) is 0 Å².